The number of aromatic nitrogens is 2. The van der Waals surface area contributed by atoms with Gasteiger partial charge in [-0.25, -0.2) is 0 Å². The summed E-state index contributed by atoms with van der Waals surface area (Å²) in [5.74, 6) is -0.384. The highest BCUT2D eigenvalue weighted by Crippen LogP contribution is 2.24. The van der Waals surface area contributed by atoms with Crippen molar-refractivity contribution in [3.05, 3.63) is 65.1 Å². The molecule has 0 saturated carbocycles. The second kappa shape index (κ2) is 8.02. The molecule has 1 aliphatic heterocycles. The summed E-state index contributed by atoms with van der Waals surface area (Å²) in [6, 6.07) is 11.3. The average molecular weight is 397 g/mol. The lowest BCUT2D eigenvalue weighted by Crippen LogP contribution is -2.33. The molecule has 7 heteroatoms. The zero-order chi connectivity index (χ0) is 19.5. The highest BCUT2D eigenvalue weighted by atomic mass is 35.5. The van der Waals surface area contributed by atoms with Crippen LogP contribution in [0, 0.1) is 5.92 Å². The quantitative estimate of drug-likeness (QED) is 0.672. The van der Waals surface area contributed by atoms with E-state index < -0.39 is 0 Å². The Morgan fingerprint density at radius 3 is 3.04 bits per heavy atom. The molecule has 2 N–H and O–H groups in total. The highest BCUT2D eigenvalue weighted by molar-refractivity contribution is 6.31. The van der Waals surface area contributed by atoms with E-state index in [1.807, 2.05) is 42.6 Å². The van der Waals surface area contributed by atoms with Gasteiger partial charge in [0, 0.05) is 47.8 Å². The van der Waals surface area contributed by atoms with Crippen LogP contribution in [0.2, 0.25) is 5.02 Å². The Hall–Kier alpha value is -2.86. The molecule has 0 aliphatic carbocycles. The molecule has 144 valence electrons. The van der Waals surface area contributed by atoms with Crippen molar-refractivity contribution >= 4 is 34.3 Å². The molecule has 1 aliphatic rings. The third kappa shape index (κ3) is 4.02. The molecule has 0 unspecified atom stereocenters. The number of aromatic amines is 1. The van der Waals surface area contributed by atoms with Crippen molar-refractivity contribution in [2.24, 2.45) is 5.92 Å². The summed E-state index contributed by atoms with van der Waals surface area (Å²) < 4.78 is 0. The van der Waals surface area contributed by atoms with Crippen LogP contribution >= 0.6 is 11.6 Å². The predicted octanol–water partition coefficient (Wildman–Crippen LogP) is 2.92. The lowest BCUT2D eigenvalue weighted by molar-refractivity contribution is -0.129. The average Bonchev–Trinajstić information content (AvgIpc) is 3.28. The molecule has 2 amide bonds. The Bertz CT molecular complexity index is 1000. The molecule has 0 spiro atoms. The van der Waals surface area contributed by atoms with Crippen LogP contribution in [0.4, 0.5) is 0 Å². The number of halogens is 1. The van der Waals surface area contributed by atoms with Gasteiger partial charge < -0.3 is 15.2 Å². The van der Waals surface area contributed by atoms with Gasteiger partial charge in [-0.3, -0.25) is 14.6 Å². The van der Waals surface area contributed by atoms with Gasteiger partial charge in [0.25, 0.3) is 0 Å². The van der Waals surface area contributed by atoms with Crippen molar-refractivity contribution in [2.75, 3.05) is 13.1 Å². The minimum atomic E-state index is -0.311. The Balaban J connectivity index is 1.33. The molecule has 4 rings (SSSR count). The van der Waals surface area contributed by atoms with Gasteiger partial charge in [-0.15, -0.1) is 0 Å². The fraction of sp³-hybridized carbons (Fsp3) is 0.286. The number of hydrogen-bond donors (Lipinski definition) is 2. The van der Waals surface area contributed by atoms with Crippen LogP contribution in [0.3, 0.4) is 0 Å². The van der Waals surface area contributed by atoms with Gasteiger partial charge in [0.05, 0.1) is 18.2 Å². The third-order valence-electron chi connectivity index (χ3n) is 5.14. The number of nitrogens with zero attached hydrogens (tertiary/aromatic N) is 2. The molecule has 0 bridgehead atoms. The Kier molecular flexibility index (Phi) is 5.30. The molecule has 3 aromatic rings. The van der Waals surface area contributed by atoms with E-state index in [9.17, 15) is 9.59 Å². The minimum absolute atomic E-state index is 0.0239. The van der Waals surface area contributed by atoms with Gasteiger partial charge in [-0.05, 0) is 42.3 Å². The number of H-pyrrole nitrogens is 1. The van der Waals surface area contributed by atoms with E-state index in [4.69, 9.17) is 11.6 Å². The van der Waals surface area contributed by atoms with Gasteiger partial charge in [0.2, 0.25) is 11.8 Å². The number of rotatable bonds is 6. The fourth-order valence-corrected chi connectivity index (χ4v) is 3.77. The van der Waals surface area contributed by atoms with Crippen LogP contribution in [0.15, 0.2) is 48.8 Å². The number of carbonyl (C=O) groups is 2. The standard InChI is InChI=1S/C21H21ClN4O2/c22-16-4-5-19-18(10-16)14(11-24-19)6-8-26-13-15(9-20(26)27)21(28)25-12-17-3-1-2-7-23-17/h1-5,7,10-11,15,24H,6,8-9,12-13H2,(H,25,28)/t15-/m1/s1. The van der Waals surface area contributed by atoms with Crippen molar-refractivity contribution < 1.29 is 9.59 Å². The second-order valence-electron chi connectivity index (χ2n) is 7.03. The van der Waals surface area contributed by atoms with Gasteiger partial charge >= 0.3 is 0 Å². The summed E-state index contributed by atoms with van der Waals surface area (Å²) in [6.45, 7) is 1.42. The van der Waals surface area contributed by atoms with Crippen LogP contribution in [-0.4, -0.2) is 39.8 Å². The first kappa shape index (κ1) is 18.5. The topological polar surface area (TPSA) is 78.1 Å². The van der Waals surface area contributed by atoms with E-state index >= 15 is 0 Å². The van der Waals surface area contributed by atoms with Gasteiger partial charge in [-0.1, -0.05) is 17.7 Å². The monoisotopic (exact) mass is 396 g/mol. The SMILES string of the molecule is O=C(NCc1ccccn1)[C@@H]1CC(=O)N(CCc2c[nH]c3ccc(Cl)cc23)C1. The number of benzene rings is 1. The fourth-order valence-electron chi connectivity index (χ4n) is 3.60. The first-order valence-corrected chi connectivity index (χ1v) is 9.69. The van der Waals surface area contributed by atoms with E-state index in [1.165, 1.54) is 0 Å². The maximum absolute atomic E-state index is 12.4. The van der Waals surface area contributed by atoms with Crippen molar-refractivity contribution in [3.63, 3.8) is 0 Å². The zero-order valence-corrected chi connectivity index (χ0v) is 16.1. The largest absolute Gasteiger partial charge is 0.361 e. The first-order valence-electron chi connectivity index (χ1n) is 9.31. The molecule has 28 heavy (non-hydrogen) atoms. The lowest BCUT2D eigenvalue weighted by Gasteiger charge is -2.16. The number of pyridine rings is 1. The molecule has 0 radical (unpaired) electrons. The Morgan fingerprint density at radius 1 is 1.32 bits per heavy atom. The second-order valence-corrected chi connectivity index (χ2v) is 7.47. The van der Waals surface area contributed by atoms with Gasteiger partial charge in [-0.2, -0.15) is 0 Å². The summed E-state index contributed by atoms with van der Waals surface area (Å²) in [5.41, 5.74) is 2.95. The van der Waals surface area contributed by atoms with Gasteiger partial charge in [0.15, 0.2) is 0 Å². The molecule has 3 heterocycles. The van der Waals surface area contributed by atoms with Crippen molar-refractivity contribution in [1.29, 1.82) is 0 Å². The summed E-state index contributed by atoms with van der Waals surface area (Å²) in [7, 11) is 0. The van der Waals surface area contributed by atoms with Crippen LogP contribution in [-0.2, 0) is 22.6 Å². The van der Waals surface area contributed by atoms with Crippen LogP contribution in [0.5, 0.6) is 0 Å². The van der Waals surface area contributed by atoms with Crippen molar-refractivity contribution in [3.8, 4) is 0 Å². The zero-order valence-electron chi connectivity index (χ0n) is 15.3. The number of fused-ring (bicyclic) bond motifs is 1. The number of amides is 2. The first-order chi connectivity index (χ1) is 13.6. The number of nitrogens with one attached hydrogen (secondary N) is 2. The Morgan fingerprint density at radius 2 is 2.21 bits per heavy atom. The minimum Gasteiger partial charge on any atom is -0.361 e. The van der Waals surface area contributed by atoms with E-state index in [-0.39, 0.29) is 24.2 Å². The van der Waals surface area contributed by atoms with E-state index in [0.29, 0.717) is 31.1 Å². The smallest absolute Gasteiger partial charge is 0.225 e. The molecular formula is C21H21ClN4O2. The van der Waals surface area contributed by atoms with E-state index in [1.54, 1.807) is 11.1 Å². The number of likely N-dealkylation sites (tertiary alicyclic amines) is 1. The summed E-state index contributed by atoms with van der Waals surface area (Å²) in [6.07, 6.45) is 4.63. The molecule has 1 atom stereocenters. The molecule has 1 fully saturated rings. The van der Waals surface area contributed by atoms with Gasteiger partial charge in [0.1, 0.15) is 0 Å². The highest BCUT2D eigenvalue weighted by Gasteiger charge is 2.33. The molecule has 1 saturated heterocycles. The van der Waals surface area contributed by atoms with Crippen molar-refractivity contribution in [1.82, 2.24) is 20.2 Å². The maximum atomic E-state index is 12.4. The summed E-state index contributed by atoms with van der Waals surface area (Å²) >= 11 is 6.10. The summed E-state index contributed by atoms with van der Waals surface area (Å²) in [4.78, 5) is 34.0. The normalized spacial score (nSPS) is 16.7. The van der Waals surface area contributed by atoms with E-state index in [2.05, 4.69) is 15.3 Å². The number of carbonyl (C=O) groups excluding carboxylic acids is 2. The Labute approximate surface area is 167 Å². The van der Waals surface area contributed by atoms with Crippen molar-refractivity contribution in [2.45, 2.75) is 19.4 Å². The molecular weight excluding hydrogens is 376 g/mol. The van der Waals surface area contributed by atoms with Crippen LogP contribution < -0.4 is 5.32 Å². The predicted molar refractivity (Wildman–Crippen MR) is 108 cm³/mol. The van der Waals surface area contributed by atoms with Crippen LogP contribution in [0.25, 0.3) is 10.9 Å². The summed E-state index contributed by atoms with van der Waals surface area (Å²) in [5, 5.41) is 4.65. The van der Waals surface area contributed by atoms with Crippen LogP contribution in [0.1, 0.15) is 17.7 Å². The third-order valence-corrected chi connectivity index (χ3v) is 5.37. The molecule has 6 nitrogen and oxygen atoms in total. The number of hydrogen-bond acceptors (Lipinski definition) is 3. The maximum Gasteiger partial charge on any atom is 0.225 e. The molecule has 2 aromatic heterocycles. The molecule has 1 aromatic carbocycles. The lowest BCUT2D eigenvalue weighted by atomic mass is 10.1. The van der Waals surface area contributed by atoms with E-state index in [0.717, 1.165) is 22.2 Å².